The highest BCUT2D eigenvalue weighted by atomic mass is 35.5. The van der Waals surface area contributed by atoms with Gasteiger partial charge in [-0.2, -0.15) is 0 Å². The lowest BCUT2D eigenvalue weighted by atomic mass is 10.1. The van der Waals surface area contributed by atoms with E-state index in [4.69, 9.17) is 22.1 Å². The summed E-state index contributed by atoms with van der Waals surface area (Å²) in [6.45, 7) is 3.17. The van der Waals surface area contributed by atoms with Gasteiger partial charge in [0.15, 0.2) is 6.10 Å². The van der Waals surface area contributed by atoms with E-state index in [0.717, 1.165) is 6.07 Å². The number of hydrogen-bond donors (Lipinski definition) is 2. The molecule has 1 aromatic carbocycles. The van der Waals surface area contributed by atoms with Crippen LogP contribution in [0.3, 0.4) is 0 Å². The van der Waals surface area contributed by atoms with Gasteiger partial charge in [-0.1, -0.05) is 31.5 Å². The smallest absolute Gasteiger partial charge is 0.343 e. The third-order valence-corrected chi connectivity index (χ3v) is 2.83. The fourth-order valence-corrected chi connectivity index (χ4v) is 1.79. The summed E-state index contributed by atoms with van der Waals surface area (Å²) in [5.41, 5.74) is 4.35. The number of imide groups is 1. The monoisotopic (exact) mass is 316 g/mol. The zero-order chi connectivity index (χ0) is 16.2. The molecule has 1 aromatic rings. The number of amides is 3. The third kappa shape index (κ3) is 4.42. The number of urea groups is 1. The molecule has 0 aliphatic carbocycles. The molecular formula is C13H14ClFN2O4. The summed E-state index contributed by atoms with van der Waals surface area (Å²) in [5, 5.41) is 1.67. The van der Waals surface area contributed by atoms with Crippen LogP contribution in [0, 0.1) is 11.7 Å². The minimum atomic E-state index is -1.30. The number of benzene rings is 1. The largest absolute Gasteiger partial charge is 0.448 e. The summed E-state index contributed by atoms with van der Waals surface area (Å²) in [5.74, 6) is -3.32. The van der Waals surface area contributed by atoms with Gasteiger partial charge in [-0.05, 0) is 18.1 Å². The lowest BCUT2D eigenvalue weighted by Gasteiger charge is -2.20. The lowest BCUT2D eigenvalue weighted by molar-refractivity contribution is -0.130. The first-order valence-electron chi connectivity index (χ1n) is 5.99. The van der Waals surface area contributed by atoms with E-state index in [1.54, 1.807) is 19.2 Å². The maximum Gasteiger partial charge on any atom is 0.343 e. The fraction of sp³-hybridized carbons (Fsp3) is 0.308. The Morgan fingerprint density at radius 1 is 1.33 bits per heavy atom. The van der Waals surface area contributed by atoms with E-state index in [9.17, 15) is 18.8 Å². The topological polar surface area (TPSA) is 98.5 Å². The van der Waals surface area contributed by atoms with E-state index < -0.39 is 41.3 Å². The molecule has 0 unspecified atom stereocenters. The molecule has 1 rings (SSSR count). The van der Waals surface area contributed by atoms with Crippen LogP contribution < -0.4 is 11.1 Å². The van der Waals surface area contributed by atoms with E-state index in [0.29, 0.717) is 0 Å². The summed E-state index contributed by atoms with van der Waals surface area (Å²) in [7, 11) is 0. The first kappa shape index (κ1) is 16.9. The Hall–Kier alpha value is -2.15. The maximum absolute atomic E-state index is 13.6. The molecule has 0 aliphatic heterocycles. The number of carbonyl (C=O) groups is 3. The fourth-order valence-electron chi connectivity index (χ4n) is 1.55. The Balaban J connectivity index is 2.97. The van der Waals surface area contributed by atoms with Crippen LogP contribution in [0.4, 0.5) is 9.18 Å². The highest BCUT2D eigenvalue weighted by Crippen LogP contribution is 2.21. The molecule has 114 valence electrons. The van der Waals surface area contributed by atoms with Crippen LogP contribution in [0.15, 0.2) is 18.2 Å². The minimum absolute atomic E-state index is 0.141. The van der Waals surface area contributed by atoms with Crippen molar-refractivity contribution < 1.29 is 23.5 Å². The van der Waals surface area contributed by atoms with Crippen molar-refractivity contribution in [1.29, 1.82) is 0 Å². The van der Waals surface area contributed by atoms with Crippen LogP contribution in [0.5, 0.6) is 0 Å². The van der Waals surface area contributed by atoms with E-state index in [-0.39, 0.29) is 5.02 Å². The standard InChI is InChI=1S/C13H14ClFN2O4/c1-6(2)10(11(18)17-13(16)20)21-12(19)9-7(14)4-3-5-8(9)15/h3-6,10H,1-2H3,(H3,16,17,18,20)/t10-/m1/s1. The van der Waals surface area contributed by atoms with Gasteiger partial charge in [0.05, 0.1) is 5.02 Å². The van der Waals surface area contributed by atoms with Crippen molar-refractivity contribution in [3.63, 3.8) is 0 Å². The predicted molar refractivity (Wildman–Crippen MR) is 73.2 cm³/mol. The van der Waals surface area contributed by atoms with Crippen molar-refractivity contribution in [2.24, 2.45) is 11.7 Å². The Labute approximate surface area is 125 Å². The van der Waals surface area contributed by atoms with Gasteiger partial charge in [0.2, 0.25) is 0 Å². The van der Waals surface area contributed by atoms with Gasteiger partial charge in [0.1, 0.15) is 11.4 Å². The van der Waals surface area contributed by atoms with Crippen LogP contribution >= 0.6 is 11.6 Å². The molecule has 0 fully saturated rings. The highest BCUT2D eigenvalue weighted by Gasteiger charge is 2.29. The lowest BCUT2D eigenvalue weighted by Crippen LogP contribution is -2.45. The summed E-state index contributed by atoms with van der Waals surface area (Å²) in [6.07, 6.45) is -1.30. The molecule has 0 saturated carbocycles. The highest BCUT2D eigenvalue weighted by molar-refractivity contribution is 6.33. The van der Waals surface area contributed by atoms with Gasteiger partial charge in [-0.15, -0.1) is 0 Å². The molecule has 0 heterocycles. The van der Waals surface area contributed by atoms with Crippen molar-refractivity contribution in [2.45, 2.75) is 20.0 Å². The molecule has 0 spiro atoms. The van der Waals surface area contributed by atoms with Crippen LogP contribution in [0.2, 0.25) is 5.02 Å². The third-order valence-electron chi connectivity index (χ3n) is 2.51. The number of hydrogen-bond acceptors (Lipinski definition) is 4. The Bertz CT molecular complexity index is 557. The molecule has 1 atom stereocenters. The molecular weight excluding hydrogens is 303 g/mol. The first-order valence-corrected chi connectivity index (χ1v) is 6.37. The quantitative estimate of drug-likeness (QED) is 0.828. The number of primary amides is 1. The second-order valence-corrected chi connectivity index (χ2v) is 4.93. The molecule has 0 radical (unpaired) electrons. The number of nitrogens with one attached hydrogen (secondary N) is 1. The van der Waals surface area contributed by atoms with Gasteiger partial charge >= 0.3 is 12.0 Å². The van der Waals surface area contributed by atoms with Crippen LogP contribution in [0.25, 0.3) is 0 Å². The molecule has 8 heteroatoms. The summed E-state index contributed by atoms with van der Waals surface area (Å²) in [4.78, 5) is 34.3. The molecule has 0 saturated heterocycles. The normalized spacial score (nSPS) is 11.9. The average Bonchev–Trinajstić information content (AvgIpc) is 2.34. The zero-order valence-electron chi connectivity index (χ0n) is 11.4. The van der Waals surface area contributed by atoms with Crippen molar-refractivity contribution in [1.82, 2.24) is 5.32 Å². The number of esters is 1. The molecule has 0 bridgehead atoms. The van der Waals surface area contributed by atoms with Gasteiger partial charge in [-0.3, -0.25) is 10.1 Å². The average molecular weight is 317 g/mol. The Kier molecular flexibility index (Phi) is 5.66. The molecule has 0 aromatic heterocycles. The SMILES string of the molecule is CC(C)[C@@H](OC(=O)c1c(F)cccc1Cl)C(=O)NC(N)=O. The van der Waals surface area contributed by atoms with E-state index in [2.05, 4.69) is 0 Å². The van der Waals surface area contributed by atoms with Crippen LogP contribution in [-0.4, -0.2) is 24.0 Å². The summed E-state index contributed by atoms with van der Waals surface area (Å²) >= 11 is 5.74. The van der Waals surface area contributed by atoms with Crippen LogP contribution in [-0.2, 0) is 9.53 Å². The van der Waals surface area contributed by atoms with E-state index in [1.807, 2.05) is 0 Å². The maximum atomic E-state index is 13.6. The van der Waals surface area contributed by atoms with Gasteiger partial charge < -0.3 is 10.5 Å². The second kappa shape index (κ2) is 7.03. The second-order valence-electron chi connectivity index (χ2n) is 4.52. The van der Waals surface area contributed by atoms with Crippen molar-refractivity contribution >= 4 is 29.5 Å². The van der Waals surface area contributed by atoms with E-state index >= 15 is 0 Å². The molecule has 3 amide bonds. The molecule has 3 N–H and O–H groups in total. The van der Waals surface area contributed by atoms with Gasteiger partial charge in [0.25, 0.3) is 5.91 Å². The van der Waals surface area contributed by atoms with E-state index in [1.165, 1.54) is 12.1 Å². The number of rotatable bonds is 4. The summed E-state index contributed by atoms with van der Waals surface area (Å²) in [6, 6.07) is 2.60. The Morgan fingerprint density at radius 3 is 2.43 bits per heavy atom. The van der Waals surface area contributed by atoms with Crippen molar-refractivity contribution in [3.05, 3.63) is 34.6 Å². The van der Waals surface area contributed by atoms with Crippen LogP contribution in [0.1, 0.15) is 24.2 Å². The molecule has 6 nitrogen and oxygen atoms in total. The predicted octanol–water partition coefficient (Wildman–Crippen LogP) is 1.86. The van der Waals surface area contributed by atoms with Crippen molar-refractivity contribution in [2.75, 3.05) is 0 Å². The van der Waals surface area contributed by atoms with Gasteiger partial charge in [-0.25, -0.2) is 14.0 Å². The molecule has 21 heavy (non-hydrogen) atoms. The number of halogens is 2. The van der Waals surface area contributed by atoms with Crippen molar-refractivity contribution in [3.8, 4) is 0 Å². The zero-order valence-corrected chi connectivity index (χ0v) is 12.1. The summed E-state index contributed by atoms with van der Waals surface area (Å²) < 4.78 is 18.5. The minimum Gasteiger partial charge on any atom is -0.448 e. The van der Waals surface area contributed by atoms with Gasteiger partial charge in [0, 0.05) is 0 Å². The Morgan fingerprint density at radius 2 is 1.95 bits per heavy atom. The number of carbonyl (C=O) groups excluding carboxylic acids is 3. The number of ether oxygens (including phenoxy) is 1. The first-order chi connectivity index (χ1) is 9.73. The number of nitrogens with two attached hydrogens (primary N) is 1. The molecule has 0 aliphatic rings.